The highest BCUT2D eigenvalue weighted by Gasteiger charge is 2.43. The second kappa shape index (κ2) is 10.1. The molecule has 1 aromatic heterocycles. The molecule has 1 amide bonds. The second-order valence-electron chi connectivity index (χ2n) is 9.84. The summed E-state index contributed by atoms with van der Waals surface area (Å²) in [7, 11) is -3.89. The standard InChI is InChI=1S/C26H33N3O6S/c1-19-5-7-21(8-6-19)9-10-23-24(20(2)27-35-23)36(31,32)29-13-3-4-22(18-29)25(30)28-14-11-26(12-15-28)33-16-17-34-26/h5-10,22H,3-4,11-18H2,1-2H3. The molecular weight excluding hydrogens is 482 g/mol. The highest BCUT2D eigenvalue weighted by atomic mass is 32.2. The molecule has 3 aliphatic rings. The largest absolute Gasteiger partial charge is 0.355 e. The van der Waals surface area contributed by atoms with Gasteiger partial charge >= 0.3 is 0 Å². The number of sulfonamides is 1. The van der Waals surface area contributed by atoms with Crippen molar-refractivity contribution in [1.29, 1.82) is 0 Å². The quantitative estimate of drug-likeness (QED) is 0.602. The van der Waals surface area contributed by atoms with Crippen LogP contribution in [0.25, 0.3) is 12.2 Å². The number of amides is 1. The van der Waals surface area contributed by atoms with E-state index in [1.165, 1.54) is 4.31 Å². The maximum Gasteiger partial charge on any atom is 0.248 e. The van der Waals surface area contributed by atoms with Gasteiger partial charge in [-0.25, -0.2) is 8.42 Å². The summed E-state index contributed by atoms with van der Waals surface area (Å²) in [6.45, 7) is 6.45. The molecule has 5 rings (SSSR count). The summed E-state index contributed by atoms with van der Waals surface area (Å²) < 4.78 is 45.7. The molecule has 3 saturated heterocycles. The summed E-state index contributed by atoms with van der Waals surface area (Å²) in [5.41, 5.74) is 2.38. The molecule has 1 atom stereocenters. The highest BCUT2D eigenvalue weighted by Crippen LogP contribution is 2.34. The van der Waals surface area contributed by atoms with Crippen molar-refractivity contribution < 1.29 is 27.2 Å². The fourth-order valence-electron chi connectivity index (χ4n) is 5.25. The van der Waals surface area contributed by atoms with Crippen LogP contribution in [0.1, 0.15) is 48.3 Å². The number of rotatable bonds is 5. The first-order valence-corrected chi connectivity index (χ1v) is 14.0. The molecule has 194 valence electrons. The van der Waals surface area contributed by atoms with Crippen molar-refractivity contribution in [1.82, 2.24) is 14.4 Å². The number of nitrogens with zero attached hydrogens (tertiary/aromatic N) is 3. The van der Waals surface area contributed by atoms with Crippen LogP contribution in [0.4, 0.5) is 0 Å². The van der Waals surface area contributed by atoms with E-state index in [2.05, 4.69) is 5.16 Å². The van der Waals surface area contributed by atoms with Crippen LogP contribution in [-0.2, 0) is 24.3 Å². The number of carbonyl (C=O) groups excluding carboxylic acids is 1. The van der Waals surface area contributed by atoms with Gasteiger partial charge < -0.3 is 18.9 Å². The molecule has 4 heterocycles. The van der Waals surface area contributed by atoms with E-state index in [1.807, 2.05) is 42.2 Å². The van der Waals surface area contributed by atoms with Gasteiger partial charge in [-0.2, -0.15) is 4.31 Å². The molecule has 9 nitrogen and oxygen atoms in total. The molecule has 3 aliphatic heterocycles. The van der Waals surface area contributed by atoms with Gasteiger partial charge in [-0.15, -0.1) is 0 Å². The van der Waals surface area contributed by atoms with Crippen LogP contribution in [0.5, 0.6) is 0 Å². The first-order chi connectivity index (χ1) is 17.3. The van der Waals surface area contributed by atoms with Crippen molar-refractivity contribution >= 4 is 28.1 Å². The van der Waals surface area contributed by atoms with Gasteiger partial charge in [0.15, 0.2) is 16.4 Å². The minimum atomic E-state index is -3.89. The maximum absolute atomic E-state index is 13.7. The number of likely N-dealkylation sites (tertiary alicyclic amines) is 1. The van der Waals surface area contributed by atoms with Crippen molar-refractivity contribution in [3.8, 4) is 0 Å². The van der Waals surface area contributed by atoms with Crippen molar-refractivity contribution in [2.75, 3.05) is 39.4 Å². The third-order valence-corrected chi connectivity index (χ3v) is 9.34. The lowest BCUT2D eigenvalue weighted by Gasteiger charge is -2.40. The fourth-order valence-corrected chi connectivity index (χ4v) is 7.03. The van der Waals surface area contributed by atoms with Crippen LogP contribution < -0.4 is 0 Å². The lowest BCUT2D eigenvalue weighted by Crippen LogP contribution is -2.51. The number of hydrogen-bond donors (Lipinski definition) is 0. The van der Waals surface area contributed by atoms with E-state index in [0.29, 0.717) is 64.2 Å². The zero-order chi connectivity index (χ0) is 25.3. The normalized spacial score (nSPS) is 23.1. The topological polar surface area (TPSA) is 102 Å². The summed E-state index contributed by atoms with van der Waals surface area (Å²) in [4.78, 5) is 15.2. The molecule has 3 fully saturated rings. The number of piperidine rings is 2. The Hall–Kier alpha value is -2.53. The van der Waals surface area contributed by atoms with E-state index >= 15 is 0 Å². The van der Waals surface area contributed by atoms with E-state index in [9.17, 15) is 13.2 Å². The number of benzene rings is 1. The first kappa shape index (κ1) is 25.1. The van der Waals surface area contributed by atoms with Crippen molar-refractivity contribution in [3.05, 3.63) is 46.8 Å². The molecule has 0 saturated carbocycles. The summed E-state index contributed by atoms with van der Waals surface area (Å²) in [6.07, 6.45) is 6.03. The van der Waals surface area contributed by atoms with E-state index in [-0.39, 0.29) is 29.0 Å². The molecule has 0 bridgehead atoms. The predicted octanol–water partition coefficient (Wildman–Crippen LogP) is 3.23. The summed E-state index contributed by atoms with van der Waals surface area (Å²) in [5.74, 6) is -0.726. The van der Waals surface area contributed by atoms with Gasteiger partial charge in [0, 0.05) is 39.0 Å². The van der Waals surface area contributed by atoms with Crippen LogP contribution in [0.2, 0.25) is 0 Å². The Morgan fingerprint density at radius 3 is 2.44 bits per heavy atom. The average Bonchev–Trinajstić information content (AvgIpc) is 3.50. The Kier molecular flexibility index (Phi) is 7.04. The predicted molar refractivity (Wildman–Crippen MR) is 133 cm³/mol. The molecule has 0 N–H and O–H groups in total. The minimum absolute atomic E-state index is 0.00396. The molecule has 1 unspecified atom stereocenters. The van der Waals surface area contributed by atoms with Gasteiger partial charge in [-0.05, 0) is 38.3 Å². The zero-order valence-corrected chi connectivity index (χ0v) is 21.6. The van der Waals surface area contributed by atoms with Gasteiger partial charge in [0.1, 0.15) is 5.69 Å². The van der Waals surface area contributed by atoms with Gasteiger partial charge in [0.25, 0.3) is 0 Å². The number of aryl methyl sites for hydroxylation is 2. The van der Waals surface area contributed by atoms with Crippen LogP contribution in [-0.4, -0.2) is 73.9 Å². The van der Waals surface area contributed by atoms with Gasteiger partial charge in [0.05, 0.1) is 19.1 Å². The molecule has 2 aromatic rings. The number of carbonyl (C=O) groups is 1. The Bertz CT molecular complexity index is 1220. The molecule has 0 radical (unpaired) electrons. The van der Waals surface area contributed by atoms with E-state index < -0.39 is 15.8 Å². The number of aromatic nitrogens is 1. The van der Waals surface area contributed by atoms with Crippen molar-refractivity contribution in [2.45, 2.75) is 50.2 Å². The average molecular weight is 516 g/mol. The van der Waals surface area contributed by atoms with Crippen LogP contribution in [0.3, 0.4) is 0 Å². The molecule has 0 aliphatic carbocycles. The maximum atomic E-state index is 13.7. The van der Waals surface area contributed by atoms with Crippen LogP contribution in [0.15, 0.2) is 33.7 Å². The van der Waals surface area contributed by atoms with Gasteiger partial charge in [-0.1, -0.05) is 41.1 Å². The molecular formula is C26H33N3O6S. The van der Waals surface area contributed by atoms with Crippen LogP contribution in [0, 0.1) is 19.8 Å². The molecule has 10 heteroatoms. The van der Waals surface area contributed by atoms with Gasteiger partial charge in [0.2, 0.25) is 15.9 Å². The Balaban J connectivity index is 1.29. The third kappa shape index (κ3) is 5.00. The Morgan fingerprint density at radius 2 is 1.75 bits per heavy atom. The highest BCUT2D eigenvalue weighted by molar-refractivity contribution is 7.89. The van der Waals surface area contributed by atoms with E-state index in [4.69, 9.17) is 14.0 Å². The zero-order valence-electron chi connectivity index (χ0n) is 20.8. The summed E-state index contributed by atoms with van der Waals surface area (Å²) in [5, 5.41) is 3.94. The van der Waals surface area contributed by atoms with Crippen molar-refractivity contribution in [2.24, 2.45) is 5.92 Å². The SMILES string of the molecule is Cc1ccc(C=Cc2onc(C)c2S(=O)(=O)N2CCCC(C(=O)N3CCC4(CC3)OCCO4)C2)cc1. The lowest BCUT2D eigenvalue weighted by atomic mass is 9.96. The van der Waals surface area contributed by atoms with E-state index in [1.54, 1.807) is 13.0 Å². The Labute approximate surface area is 212 Å². The lowest BCUT2D eigenvalue weighted by molar-refractivity contribution is -0.188. The third-order valence-electron chi connectivity index (χ3n) is 7.32. The van der Waals surface area contributed by atoms with Crippen LogP contribution >= 0.6 is 0 Å². The summed E-state index contributed by atoms with van der Waals surface area (Å²) >= 11 is 0. The van der Waals surface area contributed by atoms with Crippen molar-refractivity contribution in [3.63, 3.8) is 0 Å². The first-order valence-electron chi connectivity index (χ1n) is 12.6. The van der Waals surface area contributed by atoms with Gasteiger partial charge in [-0.3, -0.25) is 4.79 Å². The minimum Gasteiger partial charge on any atom is -0.355 e. The monoisotopic (exact) mass is 515 g/mol. The Morgan fingerprint density at radius 1 is 1.06 bits per heavy atom. The second-order valence-corrected chi connectivity index (χ2v) is 11.7. The molecule has 1 aromatic carbocycles. The number of hydrogen-bond acceptors (Lipinski definition) is 7. The molecule has 1 spiro atoms. The van der Waals surface area contributed by atoms with E-state index in [0.717, 1.165) is 11.1 Å². The molecule has 36 heavy (non-hydrogen) atoms. The number of ether oxygens (including phenoxy) is 2. The summed E-state index contributed by atoms with van der Waals surface area (Å²) in [6, 6.07) is 7.89. The fraction of sp³-hybridized carbons (Fsp3) is 0.538. The smallest absolute Gasteiger partial charge is 0.248 e.